The molecule has 0 aliphatic rings. The van der Waals surface area contributed by atoms with Crippen molar-refractivity contribution in [3.05, 3.63) is 108 Å². The van der Waals surface area contributed by atoms with Crippen LogP contribution in [-0.4, -0.2) is 0 Å². The van der Waals surface area contributed by atoms with E-state index in [2.05, 4.69) is 97.9 Å². The quantitative estimate of drug-likeness (QED) is 0.579. The molecule has 0 fully saturated rings. The summed E-state index contributed by atoms with van der Waals surface area (Å²) in [4.78, 5) is 0. The van der Waals surface area contributed by atoms with Crippen molar-refractivity contribution in [1.82, 2.24) is 0 Å². The number of hydrogen-bond donors (Lipinski definition) is 0. The standard InChI is InChI=1S/C20H18/c1-20(17-11-5-2-6-12-17,18-13-7-3-8-14-18)19-15-9-4-10-16-19/h2-16H,1H3/i1+2. The maximum atomic E-state index is 2.30. The number of benzene rings is 3. The van der Waals surface area contributed by atoms with Crippen LogP contribution in [0.5, 0.6) is 0 Å². The molecule has 3 aromatic rings. The highest BCUT2D eigenvalue weighted by molar-refractivity contribution is 5.49. The first-order chi connectivity index (χ1) is 9.82. The summed E-state index contributed by atoms with van der Waals surface area (Å²) in [5.41, 5.74) is 3.83. The second-order valence-corrected chi connectivity index (χ2v) is 5.22. The predicted octanol–water partition coefficient (Wildman–Crippen LogP) is 5.04. The van der Waals surface area contributed by atoms with Crippen LogP contribution in [0.1, 0.15) is 23.6 Å². The first-order valence-electron chi connectivity index (χ1n) is 6.98. The molecule has 0 aliphatic carbocycles. The van der Waals surface area contributed by atoms with Crippen LogP contribution in [0.25, 0.3) is 0 Å². The summed E-state index contributed by atoms with van der Waals surface area (Å²) >= 11 is 0. The summed E-state index contributed by atoms with van der Waals surface area (Å²) in [5.74, 6) is 0. The van der Waals surface area contributed by atoms with E-state index in [9.17, 15) is 0 Å². The smallest absolute Gasteiger partial charge is 0.0423 e. The van der Waals surface area contributed by atoms with Gasteiger partial charge in [0.15, 0.2) is 0 Å². The van der Waals surface area contributed by atoms with Gasteiger partial charge in [0.1, 0.15) is 0 Å². The fourth-order valence-corrected chi connectivity index (χ4v) is 2.81. The average molecular weight is 260 g/mol. The molecule has 0 heterocycles. The second kappa shape index (κ2) is 5.34. The van der Waals surface area contributed by atoms with Gasteiger partial charge in [-0.1, -0.05) is 91.0 Å². The van der Waals surface area contributed by atoms with Gasteiger partial charge in [0.2, 0.25) is 0 Å². The van der Waals surface area contributed by atoms with Crippen molar-refractivity contribution < 1.29 is 0 Å². The largest absolute Gasteiger partial charge is 0.0622 e. The van der Waals surface area contributed by atoms with Crippen molar-refractivity contribution in [2.24, 2.45) is 0 Å². The average Bonchev–Trinajstić information content (AvgIpc) is 2.56. The molecule has 3 aromatic carbocycles. The van der Waals surface area contributed by atoms with Crippen molar-refractivity contribution >= 4 is 0 Å². The van der Waals surface area contributed by atoms with E-state index in [4.69, 9.17) is 0 Å². The summed E-state index contributed by atoms with van der Waals surface area (Å²) in [6.45, 7) is 2.30. The fourth-order valence-electron chi connectivity index (χ4n) is 2.81. The summed E-state index contributed by atoms with van der Waals surface area (Å²) in [5, 5.41) is 0. The molecule has 20 heavy (non-hydrogen) atoms. The molecule has 0 amide bonds. The van der Waals surface area contributed by atoms with Gasteiger partial charge in [-0.15, -0.1) is 0 Å². The molecule has 0 heteroatoms. The van der Waals surface area contributed by atoms with Gasteiger partial charge >= 0.3 is 0 Å². The molecule has 0 bridgehead atoms. The van der Waals surface area contributed by atoms with Gasteiger partial charge in [0.05, 0.1) is 0 Å². The summed E-state index contributed by atoms with van der Waals surface area (Å²) in [6.07, 6.45) is 0. The van der Waals surface area contributed by atoms with E-state index in [1.54, 1.807) is 0 Å². The molecule has 0 saturated carbocycles. The molecule has 0 atom stereocenters. The van der Waals surface area contributed by atoms with Gasteiger partial charge in [0, 0.05) is 5.41 Å². The molecular weight excluding hydrogens is 242 g/mol. The van der Waals surface area contributed by atoms with E-state index in [-0.39, 0.29) is 5.41 Å². The Hall–Kier alpha value is -2.34. The Morgan fingerprint density at radius 3 is 0.950 bits per heavy atom. The molecule has 0 saturated heterocycles. The van der Waals surface area contributed by atoms with Crippen LogP contribution in [0.15, 0.2) is 91.0 Å². The van der Waals surface area contributed by atoms with Gasteiger partial charge in [0.25, 0.3) is 0 Å². The monoisotopic (exact) mass is 260 g/mol. The Morgan fingerprint density at radius 1 is 0.450 bits per heavy atom. The summed E-state index contributed by atoms with van der Waals surface area (Å²) in [6, 6.07) is 32.1. The van der Waals surface area contributed by atoms with Crippen molar-refractivity contribution in [3.63, 3.8) is 0 Å². The van der Waals surface area contributed by atoms with E-state index >= 15 is 0 Å². The Kier molecular flexibility index (Phi) is 3.39. The van der Waals surface area contributed by atoms with Crippen LogP contribution in [-0.2, 0) is 5.41 Å². The van der Waals surface area contributed by atoms with Crippen LogP contribution in [0.4, 0.5) is 0 Å². The second-order valence-electron chi connectivity index (χ2n) is 5.22. The molecule has 0 aromatic heterocycles. The van der Waals surface area contributed by atoms with E-state index in [0.717, 1.165) is 0 Å². The first kappa shape index (κ1) is 12.7. The van der Waals surface area contributed by atoms with E-state index in [1.807, 2.05) is 0 Å². The molecule has 0 spiro atoms. The number of rotatable bonds is 3. The van der Waals surface area contributed by atoms with E-state index in [0.29, 0.717) is 0 Å². The molecule has 3 rings (SSSR count). The highest BCUT2D eigenvalue weighted by Gasteiger charge is 2.30. The molecular formula is C20H18. The molecule has 0 aliphatic heterocycles. The predicted molar refractivity (Wildman–Crippen MR) is 84.9 cm³/mol. The number of hydrogen-bond acceptors (Lipinski definition) is 0. The van der Waals surface area contributed by atoms with Gasteiger partial charge in [-0.2, -0.15) is 0 Å². The first-order valence-corrected chi connectivity index (χ1v) is 6.98. The van der Waals surface area contributed by atoms with E-state index in [1.165, 1.54) is 16.7 Å². The third kappa shape index (κ3) is 2.14. The van der Waals surface area contributed by atoms with Crippen LogP contribution < -0.4 is 0 Å². The maximum absolute atomic E-state index is 2.30. The lowest BCUT2D eigenvalue weighted by molar-refractivity contribution is 0.692. The minimum absolute atomic E-state index is 0.121. The molecule has 0 nitrogen and oxygen atoms in total. The van der Waals surface area contributed by atoms with Crippen molar-refractivity contribution in [2.75, 3.05) is 0 Å². The van der Waals surface area contributed by atoms with Crippen LogP contribution in [0.2, 0.25) is 0 Å². The molecule has 0 radical (unpaired) electrons. The lowest BCUT2D eigenvalue weighted by Crippen LogP contribution is -2.25. The van der Waals surface area contributed by atoms with Crippen molar-refractivity contribution in [2.45, 2.75) is 12.3 Å². The molecule has 0 N–H and O–H groups in total. The van der Waals surface area contributed by atoms with Crippen molar-refractivity contribution in [1.29, 1.82) is 0 Å². The highest BCUT2D eigenvalue weighted by atomic mass is 14.7. The Morgan fingerprint density at radius 2 is 0.700 bits per heavy atom. The van der Waals surface area contributed by atoms with Gasteiger partial charge < -0.3 is 0 Å². The van der Waals surface area contributed by atoms with Gasteiger partial charge in [-0.05, 0) is 23.6 Å². The Labute approximate surface area is 120 Å². The third-order valence-electron chi connectivity index (χ3n) is 4.05. The van der Waals surface area contributed by atoms with E-state index < -0.39 is 0 Å². The zero-order valence-corrected chi connectivity index (χ0v) is 11.7. The van der Waals surface area contributed by atoms with Crippen LogP contribution in [0, 0.1) is 0 Å². The molecule has 0 unspecified atom stereocenters. The molecule has 98 valence electrons. The zero-order chi connectivity index (χ0) is 13.8. The van der Waals surface area contributed by atoms with Crippen molar-refractivity contribution in [3.8, 4) is 0 Å². The van der Waals surface area contributed by atoms with Gasteiger partial charge in [-0.25, -0.2) is 0 Å². The summed E-state index contributed by atoms with van der Waals surface area (Å²) < 4.78 is 0. The zero-order valence-electron chi connectivity index (χ0n) is 11.7. The maximum Gasteiger partial charge on any atom is 0.0423 e. The minimum Gasteiger partial charge on any atom is -0.0622 e. The van der Waals surface area contributed by atoms with Crippen LogP contribution >= 0.6 is 0 Å². The lowest BCUT2D eigenvalue weighted by atomic mass is 9.78. The highest BCUT2D eigenvalue weighted by Crippen LogP contribution is 2.38. The normalized spacial score (nSPS) is 11.2. The van der Waals surface area contributed by atoms with Gasteiger partial charge in [-0.3, -0.25) is 0 Å². The lowest BCUT2D eigenvalue weighted by Gasteiger charge is -2.31. The third-order valence-corrected chi connectivity index (χ3v) is 4.05. The summed E-state index contributed by atoms with van der Waals surface area (Å²) in [7, 11) is 0. The SMILES string of the molecule is [14CH3]C(c1ccccc1)(c1ccccc1)c1ccccc1. The fraction of sp³-hybridized carbons (Fsp3) is 0.100. The Balaban J connectivity index is 2.24. The van der Waals surface area contributed by atoms with Crippen LogP contribution in [0.3, 0.4) is 0 Å². The Bertz CT molecular complexity index is 558. The topological polar surface area (TPSA) is 0 Å². The minimum atomic E-state index is -0.121.